The quantitative estimate of drug-likeness (QED) is 0.835. The molecule has 0 aliphatic rings. The molecule has 0 spiro atoms. The van der Waals surface area contributed by atoms with E-state index in [9.17, 15) is 0 Å². The van der Waals surface area contributed by atoms with Crippen LogP contribution in [0.25, 0.3) is 0 Å². The number of hydrogen-bond acceptors (Lipinski definition) is 3. The van der Waals surface area contributed by atoms with Crippen LogP contribution < -0.4 is 5.32 Å². The molecule has 1 heterocycles. The van der Waals surface area contributed by atoms with Gasteiger partial charge in [-0.1, -0.05) is 0 Å². The van der Waals surface area contributed by atoms with Gasteiger partial charge in [0.05, 0.1) is 0 Å². The van der Waals surface area contributed by atoms with Crippen LogP contribution >= 0.6 is 15.9 Å². The van der Waals surface area contributed by atoms with Gasteiger partial charge in [0, 0.05) is 17.2 Å². The predicted molar refractivity (Wildman–Crippen MR) is 68.3 cm³/mol. The van der Waals surface area contributed by atoms with Crippen molar-refractivity contribution in [3.05, 3.63) is 22.3 Å². The molecular weight excluding hydrogens is 254 g/mol. The summed E-state index contributed by atoms with van der Waals surface area (Å²) >= 11 is 3.40. The fourth-order valence-electron chi connectivity index (χ4n) is 1.33. The van der Waals surface area contributed by atoms with Gasteiger partial charge in [0.15, 0.2) is 0 Å². The van der Waals surface area contributed by atoms with E-state index in [0.717, 1.165) is 29.8 Å². The maximum Gasteiger partial charge on any atom is 0.128 e. The van der Waals surface area contributed by atoms with Gasteiger partial charge in [-0.25, -0.2) is 4.98 Å². The van der Waals surface area contributed by atoms with Gasteiger partial charge in [-0.3, -0.25) is 0 Å². The van der Waals surface area contributed by atoms with E-state index >= 15 is 0 Å². The van der Waals surface area contributed by atoms with E-state index in [4.69, 9.17) is 0 Å². The number of halogens is 1. The molecule has 0 saturated carbocycles. The maximum absolute atomic E-state index is 4.32. The molecule has 0 fully saturated rings. The molecule has 1 N–H and O–H groups in total. The van der Waals surface area contributed by atoms with Crippen LogP contribution in [0.15, 0.2) is 16.7 Å². The number of aromatic nitrogens is 1. The second-order valence-electron chi connectivity index (χ2n) is 3.90. The van der Waals surface area contributed by atoms with Crippen LogP contribution in [0, 0.1) is 6.92 Å². The Morgan fingerprint density at radius 2 is 2.20 bits per heavy atom. The SMILES string of the molecule is Cc1cc(Br)cnc1NCCCN(C)C. The van der Waals surface area contributed by atoms with Crippen molar-refractivity contribution in [2.75, 3.05) is 32.5 Å². The zero-order chi connectivity index (χ0) is 11.3. The fourth-order valence-corrected chi connectivity index (χ4v) is 1.77. The van der Waals surface area contributed by atoms with Crippen molar-refractivity contribution in [3.63, 3.8) is 0 Å². The highest BCUT2D eigenvalue weighted by Crippen LogP contribution is 2.16. The normalized spacial score (nSPS) is 10.7. The van der Waals surface area contributed by atoms with Crippen LogP contribution in [0.4, 0.5) is 5.82 Å². The van der Waals surface area contributed by atoms with Crippen molar-refractivity contribution in [3.8, 4) is 0 Å². The van der Waals surface area contributed by atoms with Gasteiger partial charge in [0.2, 0.25) is 0 Å². The molecule has 1 aromatic rings. The maximum atomic E-state index is 4.32. The summed E-state index contributed by atoms with van der Waals surface area (Å²) < 4.78 is 1.03. The van der Waals surface area contributed by atoms with E-state index in [2.05, 4.69) is 58.2 Å². The van der Waals surface area contributed by atoms with Crippen molar-refractivity contribution in [1.29, 1.82) is 0 Å². The van der Waals surface area contributed by atoms with Crippen LogP contribution in [0.5, 0.6) is 0 Å². The third kappa shape index (κ3) is 4.62. The first-order valence-electron chi connectivity index (χ1n) is 5.10. The minimum absolute atomic E-state index is 0.966. The predicted octanol–water partition coefficient (Wildman–Crippen LogP) is 2.52. The summed E-state index contributed by atoms with van der Waals surface area (Å²) in [6, 6.07) is 2.07. The second-order valence-corrected chi connectivity index (χ2v) is 4.82. The Hall–Kier alpha value is -0.610. The smallest absolute Gasteiger partial charge is 0.128 e. The zero-order valence-electron chi connectivity index (χ0n) is 9.55. The lowest BCUT2D eigenvalue weighted by molar-refractivity contribution is 0.405. The molecule has 0 bridgehead atoms. The van der Waals surface area contributed by atoms with Crippen LogP contribution in [0.2, 0.25) is 0 Å². The lowest BCUT2D eigenvalue weighted by Crippen LogP contribution is -2.16. The van der Waals surface area contributed by atoms with E-state index in [-0.39, 0.29) is 0 Å². The molecule has 0 aliphatic carbocycles. The largest absolute Gasteiger partial charge is 0.370 e. The number of anilines is 1. The summed E-state index contributed by atoms with van der Waals surface area (Å²) in [6.07, 6.45) is 2.95. The monoisotopic (exact) mass is 271 g/mol. The lowest BCUT2D eigenvalue weighted by atomic mass is 10.3. The van der Waals surface area contributed by atoms with Gasteiger partial charge in [-0.2, -0.15) is 0 Å². The Labute approximate surface area is 100 Å². The molecule has 15 heavy (non-hydrogen) atoms. The molecule has 0 aromatic carbocycles. The highest BCUT2D eigenvalue weighted by molar-refractivity contribution is 9.10. The first kappa shape index (κ1) is 12.5. The lowest BCUT2D eigenvalue weighted by Gasteiger charge is -2.11. The minimum Gasteiger partial charge on any atom is -0.370 e. The zero-order valence-corrected chi connectivity index (χ0v) is 11.1. The number of nitrogens with zero attached hydrogens (tertiary/aromatic N) is 2. The molecule has 84 valence electrons. The van der Waals surface area contributed by atoms with Crippen LogP contribution in [-0.4, -0.2) is 37.1 Å². The van der Waals surface area contributed by atoms with Crippen molar-refractivity contribution < 1.29 is 0 Å². The van der Waals surface area contributed by atoms with Gasteiger partial charge in [0.25, 0.3) is 0 Å². The van der Waals surface area contributed by atoms with Crippen molar-refractivity contribution in [2.24, 2.45) is 0 Å². The van der Waals surface area contributed by atoms with Gasteiger partial charge >= 0.3 is 0 Å². The highest BCUT2D eigenvalue weighted by Gasteiger charge is 1.99. The summed E-state index contributed by atoms with van der Waals surface area (Å²) in [4.78, 5) is 6.51. The van der Waals surface area contributed by atoms with E-state index in [1.54, 1.807) is 0 Å². The topological polar surface area (TPSA) is 28.2 Å². The summed E-state index contributed by atoms with van der Waals surface area (Å²) in [5.41, 5.74) is 1.18. The molecule has 1 aromatic heterocycles. The van der Waals surface area contributed by atoms with E-state index in [0.29, 0.717) is 0 Å². The van der Waals surface area contributed by atoms with E-state index in [1.807, 2.05) is 6.20 Å². The van der Waals surface area contributed by atoms with Crippen LogP contribution in [0.3, 0.4) is 0 Å². The third-order valence-corrected chi connectivity index (χ3v) is 2.55. The molecule has 0 saturated heterocycles. The highest BCUT2D eigenvalue weighted by atomic mass is 79.9. The third-order valence-electron chi connectivity index (χ3n) is 2.12. The van der Waals surface area contributed by atoms with E-state index < -0.39 is 0 Å². The van der Waals surface area contributed by atoms with Gasteiger partial charge in [-0.05, 0) is 61.5 Å². The Morgan fingerprint density at radius 1 is 1.47 bits per heavy atom. The minimum atomic E-state index is 0.966. The molecule has 0 amide bonds. The number of aryl methyl sites for hydroxylation is 1. The van der Waals surface area contributed by atoms with Crippen molar-refractivity contribution in [1.82, 2.24) is 9.88 Å². The fraction of sp³-hybridized carbons (Fsp3) is 0.545. The first-order chi connectivity index (χ1) is 7.09. The number of hydrogen-bond donors (Lipinski definition) is 1. The molecule has 0 atom stereocenters. The molecule has 0 unspecified atom stereocenters. The standard InChI is InChI=1S/C11H18BrN3/c1-9-7-10(12)8-14-11(9)13-5-4-6-15(2)3/h7-8H,4-6H2,1-3H3,(H,13,14). The average Bonchev–Trinajstić information content (AvgIpc) is 2.14. The van der Waals surface area contributed by atoms with Gasteiger partial charge < -0.3 is 10.2 Å². The Bertz CT molecular complexity index is 313. The Balaban J connectivity index is 2.37. The summed E-state index contributed by atoms with van der Waals surface area (Å²) in [6.45, 7) is 4.13. The van der Waals surface area contributed by atoms with Gasteiger partial charge in [0.1, 0.15) is 5.82 Å². The number of nitrogens with one attached hydrogen (secondary N) is 1. The Morgan fingerprint density at radius 3 is 2.80 bits per heavy atom. The Kier molecular flexibility index (Phi) is 5.05. The first-order valence-corrected chi connectivity index (χ1v) is 5.89. The van der Waals surface area contributed by atoms with Crippen molar-refractivity contribution >= 4 is 21.7 Å². The summed E-state index contributed by atoms with van der Waals surface area (Å²) in [5.74, 6) is 0.983. The molecule has 0 aliphatic heterocycles. The molecule has 3 nitrogen and oxygen atoms in total. The molecule has 1 rings (SSSR count). The number of rotatable bonds is 5. The number of pyridine rings is 1. The second kappa shape index (κ2) is 6.08. The van der Waals surface area contributed by atoms with E-state index in [1.165, 1.54) is 5.56 Å². The molecular formula is C11H18BrN3. The van der Waals surface area contributed by atoms with Crippen LogP contribution in [0.1, 0.15) is 12.0 Å². The van der Waals surface area contributed by atoms with Gasteiger partial charge in [-0.15, -0.1) is 0 Å². The average molecular weight is 272 g/mol. The van der Waals surface area contributed by atoms with Crippen LogP contribution in [-0.2, 0) is 0 Å². The molecule has 4 heteroatoms. The van der Waals surface area contributed by atoms with Crippen molar-refractivity contribution in [2.45, 2.75) is 13.3 Å². The molecule has 0 radical (unpaired) electrons. The summed E-state index contributed by atoms with van der Waals surface area (Å²) in [7, 11) is 4.17. The summed E-state index contributed by atoms with van der Waals surface area (Å²) in [5, 5.41) is 3.34.